The van der Waals surface area contributed by atoms with Crippen molar-refractivity contribution in [3.8, 4) is 11.5 Å². The summed E-state index contributed by atoms with van der Waals surface area (Å²) in [4.78, 5) is 0. The fourth-order valence-electron chi connectivity index (χ4n) is 2.87. The van der Waals surface area contributed by atoms with Gasteiger partial charge in [-0.05, 0) is 29.7 Å². The second-order valence-electron chi connectivity index (χ2n) is 5.13. The molecule has 0 aromatic heterocycles. The highest BCUT2D eigenvalue weighted by Gasteiger charge is 2.29. The lowest BCUT2D eigenvalue weighted by atomic mass is 9.87. The third kappa shape index (κ3) is 2.93. The van der Waals surface area contributed by atoms with Crippen LogP contribution in [0.3, 0.4) is 0 Å². The highest BCUT2D eigenvalue weighted by atomic mass is 79.9. The van der Waals surface area contributed by atoms with Gasteiger partial charge in [0, 0.05) is 12.5 Å². The van der Waals surface area contributed by atoms with E-state index in [9.17, 15) is 10.2 Å². The van der Waals surface area contributed by atoms with Crippen LogP contribution in [0, 0.1) is 0 Å². The summed E-state index contributed by atoms with van der Waals surface area (Å²) in [5.74, 6) is -0.697. The molecule has 2 aromatic rings. The van der Waals surface area contributed by atoms with Gasteiger partial charge in [0.05, 0.1) is 10.0 Å². The fraction of sp³-hybridized carbons (Fsp3) is 0.250. The van der Waals surface area contributed by atoms with Crippen molar-refractivity contribution in [2.45, 2.75) is 12.3 Å². The summed E-state index contributed by atoms with van der Waals surface area (Å²) in [5.41, 5.74) is 2.69. The number of hydrogen-bond donors (Lipinski definition) is 3. The van der Waals surface area contributed by atoms with Crippen molar-refractivity contribution in [2.24, 2.45) is 0 Å². The van der Waals surface area contributed by atoms with E-state index in [-0.39, 0.29) is 44.4 Å². The van der Waals surface area contributed by atoms with Crippen LogP contribution in [-0.2, 0) is 6.42 Å². The van der Waals surface area contributed by atoms with Gasteiger partial charge >= 0.3 is 0 Å². The van der Waals surface area contributed by atoms with Gasteiger partial charge in [-0.25, -0.2) is 0 Å². The zero-order valence-corrected chi connectivity index (χ0v) is 14.9. The summed E-state index contributed by atoms with van der Waals surface area (Å²) in [6.45, 7) is 1.45. The van der Waals surface area contributed by atoms with E-state index in [1.807, 2.05) is 30.3 Å². The molecular formula is C16H16BrCl2NO2. The number of nitrogens with one attached hydrogen (secondary N) is 1. The molecule has 0 aliphatic carbocycles. The van der Waals surface area contributed by atoms with E-state index in [0.717, 1.165) is 23.2 Å². The molecule has 22 heavy (non-hydrogen) atoms. The van der Waals surface area contributed by atoms with Gasteiger partial charge < -0.3 is 15.5 Å². The van der Waals surface area contributed by atoms with Crippen molar-refractivity contribution >= 4 is 40.2 Å². The molecule has 2 aromatic carbocycles. The highest BCUT2D eigenvalue weighted by molar-refractivity contribution is 8.93. The Labute approximate surface area is 149 Å². The molecule has 0 fully saturated rings. The van der Waals surface area contributed by atoms with Gasteiger partial charge in [0.2, 0.25) is 0 Å². The van der Waals surface area contributed by atoms with Gasteiger partial charge in [0.1, 0.15) is 0 Å². The van der Waals surface area contributed by atoms with Crippen molar-refractivity contribution < 1.29 is 10.2 Å². The third-order valence-electron chi connectivity index (χ3n) is 3.92. The van der Waals surface area contributed by atoms with Crippen LogP contribution < -0.4 is 5.32 Å². The number of phenolic OH excluding ortho intramolecular Hbond substituents is 2. The largest absolute Gasteiger partial charge is 0.503 e. The number of aromatic hydroxyl groups is 2. The van der Waals surface area contributed by atoms with Crippen LogP contribution in [0.25, 0.3) is 0 Å². The summed E-state index contributed by atoms with van der Waals surface area (Å²) >= 11 is 12.5. The van der Waals surface area contributed by atoms with Crippen LogP contribution >= 0.6 is 40.2 Å². The maximum absolute atomic E-state index is 10.0. The number of hydrogen-bond acceptors (Lipinski definition) is 3. The Morgan fingerprint density at radius 1 is 1.00 bits per heavy atom. The maximum Gasteiger partial charge on any atom is 0.178 e. The molecule has 3 nitrogen and oxygen atoms in total. The highest BCUT2D eigenvalue weighted by Crippen LogP contribution is 2.48. The molecule has 0 saturated carbocycles. The lowest BCUT2D eigenvalue weighted by Crippen LogP contribution is -2.21. The Bertz CT molecular complexity index is 680. The van der Waals surface area contributed by atoms with Gasteiger partial charge in [-0.1, -0.05) is 53.5 Å². The van der Waals surface area contributed by atoms with Crippen molar-refractivity contribution in [2.75, 3.05) is 13.1 Å². The number of halogens is 3. The monoisotopic (exact) mass is 403 g/mol. The van der Waals surface area contributed by atoms with Crippen LogP contribution in [-0.4, -0.2) is 23.3 Å². The molecule has 118 valence electrons. The average Bonchev–Trinajstić information content (AvgIpc) is 2.74. The van der Waals surface area contributed by atoms with E-state index >= 15 is 0 Å². The van der Waals surface area contributed by atoms with E-state index < -0.39 is 0 Å². The van der Waals surface area contributed by atoms with E-state index in [1.54, 1.807) is 0 Å². The van der Waals surface area contributed by atoms with Gasteiger partial charge in [0.25, 0.3) is 0 Å². The van der Waals surface area contributed by atoms with E-state index in [1.165, 1.54) is 0 Å². The number of fused-ring (bicyclic) bond motifs is 1. The zero-order chi connectivity index (χ0) is 15.0. The predicted molar refractivity (Wildman–Crippen MR) is 95.0 cm³/mol. The second-order valence-corrected chi connectivity index (χ2v) is 5.89. The van der Waals surface area contributed by atoms with Crippen LogP contribution in [0.2, 0.25) is 10.0 Å². The lowest BCUT2D eigenvalue weighted by Gasteiger charge is -2.21. The Hall–Kier alpha value is -0.940. The van der Waals surface area contributed by atoms with Crippen molar-refractivity contribution in [3.05, 3.63) is 57.1 Å². The molecule has 0 bridgehead atoms. The van der Waals surface area contributed by atoms with Gasteiger partial charge in [-0.3, -0.25) is 0 Å². The molecule has 0 amide bonds. The molecule has 0 saturated heterocycles. The first-order valence-corrected chi connectivity index (χ1v) is 7.54. The first-order valence-electron chi connectivity index (χ1n) is 6.78. The average molecular weight is 405 g/mol. The molecule has 1 aliphatic heterocycles. The van der Waals surface area contributed by atoms with E-state index in [0.29, 0.717) is 13.0 Å². The Morgan fingerprint density at radius 2 is 1.64 bits per heavy atom. The van der Waals surface area contributed by atoms with Gasteiger partial charge in [0.15, 0.2) is 11.5 Å². The van der Waals surface area contributed by atoms with E-state index in [2.05, 4.69) is 5.32 Å². The molecule has 0 spiro atoms. The molecule has 0 radical (unpaired) electrons. The van der Waals surface area contributed by atoms with Crippen LogP contribution in [0.4, 0.5) is 0 Å². The molecule has 1 heterocycles. The minimum absolute atomic E-state index is 0. The summed E-state index contributed by atoms with van der Waals surface area (Å²) < 4.78 is 0. The molecule has 1 aliphatic rings. The zero-order valence-electron chi connectivity index (χ0n) is 11.6. The number of rotatable bonds is 1. The number of benzene rings is 2. The second kappa shape index (κ2) is 7.09. The van der Waals surface area contributed by atoms with Crippen molar-refractivity contribution in [3.63, 3.8) is 0 Å². The Kier molecular flexibility index (Phi) is 5.61. The third-order valence-corrected chi connectivity index (χ3v) is 4.71. The molecular weight excluding hydrogens is 389 g/mol. The lowest BCUT2D eigenvalue weighted by molar-refractivity contribution is 0.403. The summed E-state index contributed by atoms with van der Waals surface area (Å²) in [6, 6.07) is 9.94. The van der Waals surface area contributed by atoms with Gasteiger partial charge in [-0.15, -0.1) is 17.0 Å². The first-order chi connectivity index (χ1) is 10.1. The van der Waals surface area contributed by atoms with E-state index in [4.69, 9.17) is 23.2 Å². The smallest absolute Gasteiger partial charge is 0.178 e. The SMILES string of the molecule is Br.Oc1c(O)c(Cl)c2c(c1Cl)CCNCC2c1ccccc1. The Morgan fingerprint density at radius 3 is 2.32 bits per heavy atom. The normalized spacial score (nSPS) is 17.3. The van der Waals surface area contributed by atoms with Crippen LogP contribution in [0.15, 0.2) is 30.3 Å². The molecule has 3 rings (SSSR count). The van der Waals surface area contributed by atoms with Gasteiger partial charge in [-0.2, -0.15) is 0 Å². The van der Waals surface area contributed by atoms with Crippen molar-refractivity contribution in [1.29, 1.82) is 0 Å². The molecule has 3 N–H and O–H groups in total. The first kappa shape index (κ1) is 17.4. The fourth-order valence-corrected chi connectivity index (χ4v) is 3.49. The summed E-state index contributed by atoms with van der Waals surface area (Å²) in [7, 11) is 0. The van der Waals surface area contributed by atoms with Crippen molar-refractivity contribution in [1.82, 2.24) is 5.32 Å². The molecule has 1 atom stereocenters. The minimum Gasteiger partial charge on any atom is -0.503 e. The predicted octanol–water partition coefficient (Wildman–Crippen LogP) is 4.26. The topological polar surface area (TPSA) is 52.5 Å². The van der Waals surface area contributed by atoms with Crippen LogP contribution in [0.5, 0.6) is 11.5 Å². The molecule has 6 heteroatoms. The van der Waals surface area contributed by atoms with Crippen LogP contribution in [0.1, 0.15) is 22.6 Å². The summed E-state index contributed by atoms with van der Waals surface area (Å²) in [5, 5.41) is 23.6. The summed E-state index contributed by atoms with van der Waals surface area (Å²) in [6.07, 6.45) is 0.658. The Balaban J connectivity index is 0.00000176. The standard InChI is InChI=1S/C16H15Cl2NO2.BrH/c17-13-10-6-7-19-8-11(9-4-2-1-3-5-9)12(10)14(18)16(21)15(13)20;/h1-5,11,19-21H,6-8H2;1H. The number of phenols is 2. The quantitative estimate of drug-likeness (QED) is 0.622. The molecule has 1 unspecified atom stereocenters. The minimum atomic E-state index is -0.344. The maximum atomic E-state index is 10.0.